The van der Waals surface area contributed by atoms with Gasteiger partial charge in [-0.05, 0) is 19.1 Å². The number of carbonyl (C=O) groups excluding carboxylic acids is 1. The zero-order valence-electron chi connectivity index (χ0n) is 13.3. The molecule has 130 valence electrons. The van der Waals surface area contributed by atoms with Crippen molar-refractivity contribution in [3.05, 3.63) is 53.8 Å². The van der Waals surface area contributed by atoms with Crippen LogP contribution in [0.3, 0.4) is 0 Å². The summed E-state index contributed by atoms with van der Waals surface area (Å²) in [6.07, 6.45) is -2.14. The summed E-state index contributed by atoms with van der Waals surface area (Å²) in [4.78, 5) is 12.8. The van der Waals surface area contributed by atoms with Gasteiger partial charge in [0.2, 0.25) is 11.9 Å². The summed E-state index contributed by atoms with van der Waals surface area (Å²) in [7, 11) is 0. The number of allylic oxidation sites excluding steroid dienone is 1. The summed E-state index contributed by atoms with van der Waals surface area (Å²) in [5, 5.41) is 38.8. The van der Waals surface area contributed by atoms with Gasteiger partial charge in [-0.1, -0.05) is 12.6 Å². The molecule has 0 radical (unpaired) electrons. The number of ether oxygens (including phenoxy) is 2. The maximum atomic E-state index is 12.8. The standard InChI is InChI=1S/C18H16O7/c1-8(2)24-18-16(23)15-13(22)6-10(19)7-14(15)25-17(18)9-3-4-11(20)12(21)5-9/h3-7,17-22H,1H2,2H3/t17-,18+/m0/s1. The molecule has 25 heavy (non-hydrogen) atoms. The van der Waals surface area contributed by atoms with Gasteiger partial charge >= 0.3 is 0 Å². The molecule has 2 aromatic carbocycles. The Morgan fingerprint density at radius 3 is 2.44 bits per heavy atom. The zero-order chi connectivity index (χ0) is 18.3. The Bertz CT molecular complexity index is 872. The van der Waals surface area contributed by atoms with Crippen molar-refractivity contribution in [2.75, 3.05) is 0 Å². The Morgan fingerprint density at radius 1 is 1.08 bits per heavy atom. The van der Waals surface area contributed by atoms with Gasteiger partial charge in [0, 0.05) is 17.7 Å². The Balaban J connectivity index is 2.13. The molecule has 4 N–H and O–H groups in total. The van der Waals surface area contributed by atoms with Crippen LogP contribution in [0.4, 0.5) is 0 Å². The highest BCUT2D eigenvalue weighted by atomic mass is 16.6. The predicted molar refractivity (Wildman–Crippen MR) is 86.9 cm³/mol. The lowest BCUT2D eigenvalue weighted by Gasteiger charge is -2.33. The van der Waals surface area contributed by atoms with Gasteiger partial charge in [-0.15, -0.1) is 0 Å². The lowest BCUT2D eigenvalue weighted by Crippen LogP contribution is -2.38. The molecule has 7 nitrogen and oxygen atoms in total. The van der Waals surface area contributed by atoms with E-state index in [0.29, 0.717) is 5.56 Å². The van der Waals surface area contributed by atoms with Gasteiger partial charge in [0.25, 0.3) is 0 Å². The van der Waals surface area contributed by atoms with Crippen molar-refractivity contribution in [2.45, 2.75) is 19.1 Å². The number of carbonyl (C=O) groups is 1. The number of ketones is 1. The van der Waals surface area contributed by atoms with E-state index in [4.69, 9.17) is 9.47 Å². The number of phenolic OH excluding ortho intramolecular Hbond substituents is 4. The van der Waals surface area contributed by atoms with Crippen LogP contribution in [-0.4, -0.2) is 32.3 Å². The van der Waals surface area contributed by atoms with Gasteiger partial charge in [0.15, 0.2) is 17.6 Å². The van der Waals surface area contributed by atoms with Gasteiger partial charge in [-0.2, -0.15) is 0 Å². The zero-order valence-corrected chi connectivity index (χ0v) is 13.3. The third kappa shape index (κ3) is 2.91. The molecular weight excluding hydrogens is 328 g/mol. The van der Waals surface area contributed by atoms with Gasteiger partial charge < -0.3 is 29.9 Å². The molecule has 0 fully saturated rings. The minimum absolute atomic E-state index is 0.0124. The Kier molecular flexibility index (Phi) is 3.92. The van der Waals surface area contributed by atoms with E-state index in [-0.39, 0.29) is 34.3 Å². The van der Waals surface area contributed by atoms with Crippen LogP contribution >= 0.6 is 0 Å². The topological polar surface area (TPSA) is 116 Å². The van der Waals surface area contributed by atoms with Crippen LogP contribution in [0.25, 0.3) is 0 Å². The highest BCUT2D eigenvalue weighted by Gasteiger charge is 2.42. The first-order valence-corrected chi connectivity index (χ1v) is 7.39. The SMILES string of the molecule is C=C(C)O[C@@H]1C(=O)c2c(O)cc(O)cc2O[C@H]1c1ccc(O)c(O)c1. The van der Waals surface area contributed by atoms with Crippen LogP contribution in [0, 0.1) is 0 Å². The number of fused-ring (bicyclic) bond motifs is 1. The quantitative estimate of drug-likeness (QED) is 0.500. The van der Waals surface area contributed by atoms with Gasteiger partial charge in [0.05, 0.1) is 5.76 Å². The van der Waals surface area contributed by atoms with Gasteiger partial charge in [-0.3, -0.25) is 4.79 Å². The summed E-state index contributed by atoms with van der Waals surface area (Å²) < 4.78 is 11.3. The van der Waals surface area contributed by atoms with Crippen LogP contribution in [0.15, 0.2) is 42.7 Å². The number of rotatable bonds is 3. The van der Waals surface area contributed by atoms with Gasteiger partial charge in [-0.25, -0.2) is 0 Å². The second kappa shape index (κ2) is 5.94. The first-order valence-electron chi connectivity index (χ1n) is 7.39. The first kappa shape index (κ1) is 16.5. The van der Waals surface area contributed by atoms with E-state index in [0.717, 1.165) is 6.07 Å². The molecule has 0 unspecified atom stereocenters. The Hall–Kier alpha value is -3.35. The largest absolute Gasteiger partial charge is 0.508 e. The minimum atomic E-state index is -1.16. The lowest BCUT2D eigenvalue weighted by atomic mass is 9.92. The van der Waals surface area contributed by atoms with E-state index in [1.807, 2.05) is 0 Å². The maximum Gasteiger partial charge on any atom is 0.215 e. The van der Waals surface area contributed by atoms with Crippen molar-refractivity contribution >= 4 is 5.78 Å². The fourth-order valence-corrected chi connectivity index (χ4v) is 2.70. The third-order valence-corrected chi connectivity index (χ3v) is 3.76. The Labute approximate surface area is 143 Å². The Morgan fingerprint density at radius 2 is 1.80 bits per heavy atom. The maximum absolute atomic E-state index is 12.8. The fourth-order valence-electron chi connectivity index (χ4n) is 2.70. The van der Waals surface area contributed by atoms with Crippen LogP contribution in [0.2, 0.25) is 0 Å². The molecule has 7 heteroatoms. The number of Topliss-reactive ketones (excluding diaryl/α,β-unsaturated/α-hetero) is 1. The van der Waals surface area contributed by atoms with E-state index in [1.54, 1.807) is 6.92 Å². The summed E-state index contributed by atoms with van der Waals surface area (Å²) in [5.74, 6) is -1.71. The molecule has 0 bridgehead atoms. The van der Waals surface area contributed by atoms with E-state index in [2.05, 4.69) is 6.58 Å². The third-order valence-electron chi connectivity index (χ3n) is 3.76. The second-order valence-electron chi connectivity index (χ2n) is 5.73. The molecule has 1 aliphatic heterocycles. The first-order chi connectivity index (χ1) is 11.8. The molecule has 2 aromatic rings. The average Bonchev–Trinajstić information content (AvgIpc) is 2.51. The summed E-state index contributed by atoms with van der Waals surface area (Å²) in [6, 6.07) is 6.21. The summed E-state index contributed by atoms with van der Waals surface area (Å²) in [6.45, 7) is 5.17. The molecule has 0 saturated carbocycles. The lowest BCUT2D eigenvalue weighted by molar-refractivity contribution is 0.00522. The number of aromatic hydroxyl groups is 4. The van der Waals surface area contributed by atoms with Crippen LogP contribution in [0.1, 0.15) is 28.9 Å². The molecule has 0 aliphatic carbocycles. The molecule has 0 amide bonds. The summed E-state index contributed by atoms with van der Waals surface area (Å²) >= 11 is 0. The molecule has 0 spiro atoms. The van der Waals surface area contributed by atoms with E-state index >= 15 is 0 Å². The number of phenols is 4. The minimum Gasteiger partial charge on any atom is -0.508 e. The molecule has 1 heterocycles. The van der Waals surface area contributed by atoms with Crippen LogP contribution in [0.5, 0.6) is 28.7 Å². The molecule has 2 atom stereocenters. The predicted octanol–water partition coefficient (Wildman–Crippen LogP) is 2.74. The number of hydrogen-bond acceptors (Lipinski definition) is 7. The van der Waals surface area contributed by atoms with Crippen molar-refractivity contribution in [1.29, 1.82) is 0 Å². The van der Waals surface area contributed by atoms with Crippen molar-refractivity contribution < 1.29 is 34.7 Å². The van der Waals surface area contributed by atoms with Crippen molar-refractivity contribution in [3.63, 3.8) is 0 Å². The molecule has 3 rings (SSSR count). The highest BCUT2D eigenvalue weighted by molar-refractivity contribution is 6.05. The monoisotopic (exact) mass is 344 g/mol. The molecular formula is C18H16O7. The number of benzene rings is 2. The summed E-state index contributed by atoms with van der Waals surface area (Å²) in [5.41, 5.74) is 0.256. The molecule has 0 saturated heterocycles. The van der Waals surface area contributed by atoms with E-state index < -0.39 is 23.7 Å². The normalized spacial score (nSPS) is 19.0. The van der Waals surface area contributed by atoms with E-state index in [9.17, 15) is 25.2 Å². The smallest absolute Gasteiger partial charge is 0.215 e. The van der Waals surface area contributed by atoms with Crippen LogP contribution < -0.4 is 4.74 Å². The van der Waals surface area contributed by atoms with E-state index in [1.165, 1.54) is 24.3 Å². The van der Waals surface area contributed by atoms with Crippen molar-refractivity contribution in [1.82, 2.24) is 0 Å². The second-order valence-corrected chi connectivity index (χ2v) is 5.73. The van der Waals surface area contributed by atoms with Gasteiger partial charge in [0.1, 0.15) is 22.8 Å². The highest BCUT2D eigenvalue weighted by Crippen LogP contribution is 2.44. The average molecular weight is 344 g/mol. The fraction of sp³-hybridized carbons (Fsp3) is 0.167. The van der Waals surface area contributed by atoms with Crippen LogP contribution in [-0.2, 0) is 4.74 Å². The molecule has 0 aromatic heterocycles. The van der Waals surface area contributed by atoms with Crippen molar-refractivity contribution in [2.24, 2.45) is 0 Å². The molecule has 1 aliphatic rings. The van der Waals surface area contributed by atoms with Crippen molar-refractivity contribution in [3.8, 4) is 28.7 Å². The number of hydrogen-bond donors (Lipinski definition) is 4.